The number of aromatic nitrogens is 2. The van der Waals surface area contributed by atoms with Crippen LogP contribution in [0.25, 0.3) is 10.9 Å². The van der Waals surface area contributed by atoms with Gasteiger partial charge in [0.05, 0.1) is 23.3 Å². The number of hydrogen-bond acceptors (Lipinski definition) is 3. The summed E-state index contributed by atoms with van der Waals surface area (Å²) in [7, 11) is 0. The fourth-order valence-corrected chi connectivity index (χ4v) is 3.06. The Bertz CT molecular complexity index is 1010. The van der Waals surface area contributed by atoms with Gasteiger partial charge in [-0.15, -0.1) is 0 Å². The molecule has 5 nitrogen and oxygen atoms in total. The Balaban J connectivity index is 1.57. The minimum absolute atomic E-state index is 0.0937. The van der Waals surface area contributed by atoms with E-state index in [1.807, 2.05) is 26.0 Å². The second-order valence-corrected chi connectivity index (χ2v) is 6.66. The molecule has 2 aromatic carbocycles. The summed E-state index contributed by atoms with van der Waals surface area (Å²) in [5.74, 6) is -0.411. The first-order chi connectivity index (χ1) is 13.0. The molecule has 0 bridgehead atoms. The maximum absolute atomic E-state index is 13.0. The summed E-state index contributed by atoms with van der Waals surface area (Å²) in [5.41, 5.74) is 2.43. The lowest BCUT2D eigenvalue weighted by Gasteiger charge is -2.14. The van der Waals surface area contributed by atoms with E-state index in [9.17, 15) is 14.0 Å². The Kier molecular flexibility index (Phi) is 5.64. The van der Waals surface area contributed by atoms with Crippen LogP contribution < -0.4 is 10.9 Å². The van der Waals surface area contributed by atoms with Crippen LogP contribution in [-0.4, -0.2) is 15.5 Å². The van der Waals surface area contributed by atoms with Gasteiger partial charge >= 0.3 is 0 Å². The fourth-order valence-electron chi connectivity index (χ4n) is 3.06. The second kappa shape index (κ2) is 8.12. The van der Waals surface area contributed by atoms with E-state index in [2.05, 4.69) is 10.3 Å². The summed E-state index contributed by atoms with van der Waals surface area (Å²) in [5, 5.41) is 3.48. The maximum Gasteiger partial charge on any atom is 0.261 e. The number of hydrogen-bond donors (Lipinski definition) is 1. The average molecular weight is 367 g/mol. The van der Waals surface area contributed by atoms with Gasteiger partial charge in [-0.25, -0.2) is 9.37 Å². The van der Waals surface area contributed by atoms with E-state index in [1.54, 1.807) is 22.8 Å². The molecule has 3 aromatic rings. The maximum atomic E-state index is 13.0. The van der Waals surface area contributed by atoms with E-state index in [0.717, 1.165) is 11.1 Å². The van der Waals surface area contributed by atoms with Gasteiger partial charge in [-0.05, 0) is 49.6 Å². The summed E-state index contributed by atoms with van der Waals surface area (Å²) in [6.45, 7) is 4.20. The smallest absolute Gasteiger partial charge is 0.261 e. The molecular formula is C21H22FN3O2. The first kappa shape index (κ1) is 18.8. The molecule has 1 amide bonds. The number of nitrogens with zero attached hydrogens (tertiary/aromatic N) is 2. The zero-order valence-corrected chi connectivity index (χ0v) is 15.4. The molecule has 0 aliphatic heterocycles. The number of fused-ring (bicyclic) bond motifs is 1. The number of carbonyl (C=O) groups excluding carboxylic acids is 1. The van der Waals surface area contributed by atoms with E-state index in [0.29, 0.717) is 30.3 Å². The number of aryl methyl sites for hydroxylation is 2. The molecule has 0 unspecified atom stereocenters. The van der Waals surface area contributed by atoms with Crippen LogP contribution in [0.5, 0.6) is 0 Å². The molecule has 1 N–H and O–H groups in total. The van der Waals surface area contributed by atoms with Crippen LogP contribution in [0.1, 0.15) is 36.9 Å². The number of rotatable bonds is 6. The van der Waals surface area contributed by atoms with E-state index < -0.39 is 0 Å². The third kappa shape index (κ3) is 4.39. The highest BCUT2D eigenvalue weighted by Gasteiger charge is 2.10. The van der Waals surface area contributed by atoms with Gasteiger partial charge in [0.1, 0.15) is 5.82 Å². The molecule has 1 aromatic heterocycles. The fraction of sp³-hybridized carbons (Fsp3) is 0.286. The highest BCUT2D eigenvalue weighted by molar-refractivity contribution is 5.80. The Morgan fingerprint density at radius 3 is 2.70 bits per heavy atom. The van der Waals surface area contributed by atoms with Gasteiger partial charge in [0.25, 0.3) is 5.56 Å². The van der Waals surface area contributed by atoms with Crippen molar-refractivity contribution < 1.29 is 9.18 Å². The van der Waals surface area contributed by atoms with E-state index in [-0.39, 0.29) is 23.3 Å². The van der Waals surface area contributed by atoms with Crippen molar-refractivity contribution in [1.82, 2.24) is 14.9 Å². The molecule has 0 aliphatic rings. The summed E-state index contributed by atoms with van der Waals surface area (Å²) in [6, 6.07) is 11.4. The zero-order valence-electron chi connectivity index (χ0n) is 15.4. The van der Waals surface area contributed by atoms with Crippen molar-refractivity contribution in [1.29, 1.82) is 0 Å². The molecule has 0 spiro atoms. The van der Waals surface area contributed by atoms with Crippen molar-refractivity contribution >= 4 is 16.8 Å². The molecule has 140 valence electrons. The molecule has 3 rings (SSSR count). The van der Waals surface area contributed by atoms with Crippen LogP contribution in [0.3, 0.4) is 0 Å². The lowest BCUT2D eigenvalue weighted by molar-refractivity contribution is -0.121. The van der Waals surface area contributed by atoms with Crippen LogP contribution in [0, 0.1) is 12.7 Å². The highest BCUT2D eigenvalue weighted by atomic mass is 19.1. The molecule has 0 fully saturated rings. The van der Waals surface area contributed by atoms with Crippen molar-refractivity contribution in [3.8, 4) is 0 Å². The normalized spacial score (nSPS) is 12.1. The minimum Gasteiger partial charge on any atom is -0.350 e. The third-order valence-corrected chi connectivity index (χ3v) is 4.61. The number of carbonyl (C=O) groups is 1. The predicted molar refractivity (Wildman–Crippen MR) is 103 cm³/mol. The van der Waals surface area contributed by atoms with Crippen molar-refractivity contribution in [2.45, 2.75) is 39.3 Å². The number of halogens is 1. The summed E-state index contributed by atoms with van der Waals surface area (Å²) in [4.78, 5) is 29.0. The highest BCUT2D eigenvalue weighted by Crippen LogP contribution is 2.14. The molecule has 0 saturated heterocycles. The zero-order chi connectivity index (χ0) is 19.4. The average Bonchev–Trinajstić information content (AvgIpc) is 2.64. The summed E-state index contributed by atoms with van der Waals surface area (Å²) < 4.78 is 14.5. The first-order valence-electron chi connectivity index (χ1n) is 8.95. The molecule has 6 heteroatoms. The van der Waals surface area contributed by atoms with Crippen LogP contribution >= 0.6 is 0 Å². The second-order valence-electron chi connectivity index (χ2n) is 6.66. The lowest BCUT2D eigenvalue weighted by Crippen LogP contribution is -2.27. The molecule has 1 heterocycles. The van der Waals surface area contributed by atoms with Crippen molar-refractivity contribution in [3.63, 3.8) is 0 Å². The number of nitrogens with one attached hydrogen (secondary N) is 1. The molecule has 0 aliphatic carbocycles. The van der Waals surface area contributed by atoms with E-state index in [1.165, 1.54) is 18.5 Å². The molecule has 0 radical (unpaired) electrons. The topological polar surface area (TPSA) is 64.0 Å². The van der Waals surface area contributed by atoms with Crippen molar-refractivity contribution in [2.24, 2.45) is 0 Å². The Morgan fingerprint density at radius 1 is 1.22 bits per heavy atom. The molecular weight excluding hydrogens is 345 g/mol. The van der Waals surface area contributed by atoms with Crippen molar-refractivity contribution in [3.05, 3.63) is 76.1 Å². The first-order valence-corrected chi connectivity index (χ1v) is 8.95. The summed E-state index contributed by atoms with van der Waals surface area (Å²) >= 11 is 0. The van der Waals surface area contributed by atoms with Gasteiger partial charge in [0.2, 0.25) is 5.91 Å². The van der Waals surface area contributed by atoms with Gasteiger partial charge < -0.3 is 5.32 Å². The van der Waals surface area contributed by atoms with Crippen LogP contribution in [0.15, 0.2) is 53.6 Å². The van der Waals surface area contributed by atoms with Gasteiger partial charge in [-0.2, -0.15) is 0 Å². The number of benzene rings is 2. The number of para-hydroxylation sites is 1. The Morgan fingerprint density at radius 2 is 1.96 bits per heavy atom. The largest absolute Gasteiger partial charge is 0.350 e. The standard InChI is InChI=1S/C21H22FN3O2/c1-14-5-3-6-18-20(14)23-13-25(21(18)27)12-4-7-19(26)24-15(2)16-8-10-17(22)11-9-16/h3,5-6,8-11,13,15H,4,7,12H2,1-2H3,(H,24,26)/t15-/m0/s1. The van der Waals surface area contributed by atoms with Gasteiger partial charge in [-0.1, -0.05) is 24.3 Å². The van der Waals surface area contributed by atoms with Crippen LogP contribution in [-0.2, 0) is 11.3 Å². The van der Waals surface area contributed by atoms with Gasteiger partial charge in [-0.3, -0.25) is 14.2 Å². The van der Waals surface area contributed by atoms with E-state index in [4.69, 9.17) is 0 Å². The summed E-state index contributed by atoms with van der Waals surface area (Å²) in [6.07, 6.45) is 2.36. The number of amides is 1. The van der Waals surface area contributed by atoms with Crippen molar-refractivity contribution in [2.75, 3.05) is 0 Å². The molecule has 1 atom stereocenters. The van der Waals surface area contributed by atoms with E-state index >= 15 is 0 Å². The minimum atomic E-state index is -0.304. The monoisotopic (exact) mass is 367 g/mol. The SMILES string of the molecule is Cc1cccc2c(=O)n(CCCC(=O)N[C@@H](C)c3ccc(F)cc3)cnc12. The van der Waals surface area contributed by atoms with Gasteiger partial charge in [0, 0.05) is 13.0 Å². The third-order valence-electron chi connectivity index (χ3n) is 4.61. The lowest BCUT2D eigenvalue weighted by atomic mass is 10.1. The Labute approximate surface area is 156 Å². The van der Waals surface area contributed by atoms with Gasteiger partial charge in [0.15, 0.2) is 0 Å². The quantitative estimate of drug-likeness (QED) is 0.725. The molecule has 0 saturated carbocycles. The molecule has 27 heavy (non-hydrogen) atoms. The predicted octanol–water partition coefficient (Wildman–Crippen LogP) is 3.50. The van der Waals surface area contributed by atoms with Crippen LogP contribution in [0.2, 0.25) is 0 Å². The van der Waals surface area contributed by atoms with Crippen LogP contribution in [0.4, 0.5) is 4.39 Å². The Hall–Kier alpha value is -3.02.